The predicted octanol–water partition coefficient (Wildman–Crippen LogP) is -0.0808. The van der Waals surface area contributed by atoms with Gasteiger partial charge in [0.2, 0.25) is 0 Å². The van der Waals surface area contributed by atoms with Gasteiger partial charge in [0, 0.05) is 19.1 Å². The smallest absolute Gasteiger partial charge is 0.200 e. The molecule has 0 atom stereocenters. The highest BCUT2D eigenvalue weighted by molar-refractivity contribution is 5.42. The van der Waals surface area contributed by atoms with Gasteiger partial charge in [0.15, 0.2) is 5.65 Å². The third-order valence-electron chi connectivity index (χ3n) is 3.30. The van der Waals surface area contributed by atoms with Crippen LogP contribution in [0.4, 0.5) is 5.82 Å². The van der Waals surface area contributed by atoms with Crippen molar-refractivity contribution in [3.8, 4) is 6.07 Å². The van der Waals surface area contributed by atoms with Crippen molar-refractivity contribution in [3.63, 3.8) is 0 Å². The van der Waals surface area contributed by atoms with Crippen molar-refractivity contribution in [2.75, 3.05) is 25.0 Å². The maximum Gasteiger partial charge on any atom is 0.200 e. The van der Waals surface area contributed by atoms with Gasteiger partial charge in [-0.05, 0) is 35.4 Å². The van der Waals surface area contributed by atoms with Crippen molar-refractivity contribution >= 4 is 11.5 Å². The minimum Gasteiger partial charge on any atom is -0.366 e. The van der Waals surface area contributed by atoms with Gasteiger partial charge in [-0.2, -0.15) is 5.26 Å². The summed E-state index contributed by atoms with van der Waals surface area (Å²) in [5.41, 5.74) is 0.634. The van der Waals surface area contributed by atoms with E-state index in [-0.39, 0.29) is 0 Å². The van der Waals surface area contributed by atoms with E-state index in [1.807, 2.05) is 12.1 Å². The molecule has 3 rings (SSSR count). The summed E-state index contributed by atoms with van der Waals surface area (Å²) >= 11 is 0. The lowest BCUT2D eigenvalue weighted by Gasteiger charge is -2.30. The quantitative estimate of drug-likeness (QED) is 0.769. The predicted molar refractivity (Wildman–Crippen MR) is 67.3 cm³/mol. The SMILES string of the molecule is N#CCN1CCC(Nc2ccc3nnnn3n2)CC1. The third-order valence-corrected chi connectivity index (χ3v) is 3.30. The maximum absolute atomic E-state index is 8.66. The fraction of sp³-hybridized carbons (Fsp3) is 0.545. The van der Waals surface area contributed by atoms with Gasteiger partial charge in [0.25, 0.3) is 0 Å². The summed E-state index contributed by atoms with van der Waals surface area (Å²) in [6, 6.07) is 6.29. The zero-order chi connectivity index (χ0) is 13.1. The number of nitrogens with one attached hydrogen (secondary N) is 1. The average Bonchev–Trinajstić information content (AvgIpc) is 2.89. The van der Waals surface area contributed by atoms with E-state index < -0.39 is 0 Å². The molecule has 0 aromatic carbocycles. The number of hydrogen-bond donors (Lipinski definition) is 1. The number of anilines is 1. The van der Waals surface area contributed by atoms with Gasteiger partial charge in [0.05, 0.1) is 12.6 Å². The Balaban J connectivity index is 1.61. The normalized spacial score (nSPS) is 17.4. The Morgan fingerprint density at radius 1 is 1.37 bits per heavy atom. The number of nitrogens with zero attached hydrogens (tertiary/aromatic N) is 7. The van der Waals surface area contributed by atoms with Crippen molar-refractivity contribution in [2.45, 2.75) is 18.9 Å². The summed E-state index contributed by atoms with van der Waals surface area (Å²) in [6.07, 6.45) is 2.02. The molecule has 0 amide bonds. The van der Waals surface area contributed by atoms with Gasteiger partial charge in [0.1, 0.15) is 5.82 Å². The van der Waals surface area contributed by atoms with Crippen LogP contribution < -0.4 is 5.32 Å². The second-order valence-electron chi connectivity index (χ2n) is 4.60. The number of rotatable bonds is 3. The van der Waals surface area contributed by atoms with E-state index in [9.17, 15) is 0 Å². The fourth-order valence-electron chi connectivity index (χ4n) is 2.27. The van der Waals surface area contributed by atoms with Gasteiger partial charge in [-0.15, -0.1) is 14.8 Å². The Labute approximate surface area is 110 Å². The summed E-state index contributed by atoms with van der Waals surface area (Å²) < 4.78 is 1.41. The zero-order valence-electron chi connectivity index (χ0n) is 10.4. The van der Waals surface area contributed by atoms with E-state index in [0.29, 0.717) is 18.2 Å². The summed E-state index contributed by atoms with van der Waals surface area (Å²) in [5.74, 6) is 0.776. The first-order chi connectivity index (χ1) is 9.35. The van der Waals surface area contributed by atoms with Crippen LogP contribution in [0.5, 0.6) is 0 Å². The molecule has 1 fully saturated rings. The van der Waals surface area contributed by atoms with Crippen LogP contribution in [0, 0.1) is 11.3 Å². The van der Waals surface area contributed by atoms with Gasteiger partial charge in [-0.1, -0.05) is 0 Å². The van der Waals surface area contributed by atoms with Gasteiger partial charge < -0.3 is 5.32 Å². The molecule has 19 heavy (non-hydrogen) atoms. The molecule has 8 heteroatoms. The molecular weight excluding hydrogens is 244 g/mol. The molecule has 0 unspecified atom stereocenters. The molecule has 0 bridgehead atoms. The molecule has 3 heterocycles. The molecule has 1 N–H and O–H groups in total. The van der Waals surface area contributed by atoms with Crippen LogP contribution in [0.3, 0.4) is 0 Å². The van der Waals surface area contributed by atoms with Crippen molar-refractivity contribution in [1.29, 1.82) is 5.26 Å². The lowest BCUT2D eigenvalue weighted by atomic mass is 10.1. The zero-order valence-corrected chi connectivity index (χ0v) is 10.4. The summed E-state index contributed by atoms with van der Waals surface area (Å²) in [7, 11) is 0. The monoisotopic (exact) mass is 258 g/mol. The molecule has 2 aromatic heterocycles. The Morgan fingerprint density at radius 3 is 3.00 bits per heavy atom. The lowest BCUT2D eigenvalue weighted by Crippen LogP contribution is -2.39. The summed E-state index contributed by atoms with van der Waals surface area (Å²) in [5, 5.41) is 27.5. The van der Waals surface area contributed by atoms with Crippen LogP contribution in [0.25, 0.3) is 5.65 Å². The first kappa shape index (κ1) is 11.8. The van der Waals surface area contributed by atoms with E-state index in [1.165, 1.54) is 4.63 Å². The largest absolute Gasteiger partial charge is 0.366 e. The molecule has 1 saturated heterocycles. The maximum atomic E-state index is 8.66. The number of piperidine rings is 1. The number of nitriles is 1. The molecule has 98 valence electrons. The number of aromatic nitrogens is 5. The van der Waals surface area contributed by atoms with Crippen LogP contribution in [0.2, 0.25) is 0 Å². The number of tetrazole rings is 1. The van der Waals surface area contributed by atoms with Gasteiger partial charge in [-0.25, -0.2) is 0 Å². The molecule has 8 nitrogen and oxygen atoms in total. The van der Waals surface area contributed by atoms with Gasteiger partial charge in [-0.3, -0.25) is 4.90 Å². The topological polar surface area (TPSA) is 95.0 Å². The van der Waals surface area contributed by atoms with Crippen LogP contribution in [-0.4, -0.2) is 55.8 Å². The van der Waals surface area contributed by atoms with Crippen molar-refractivity contribution in [2.24, 2.45) is 0 Å². The Bertz CT molecular complexity index is 592. The minimum absolute atomic E-state index is 0.386. The Morgan fingerprint density at radius 2 is 2.21 bits per heavy atom. The van der Waals surface area contributed by atoms with E-state index in [0.717, 1.165) is 31.7 Å². The van der Waals surface area contributed by atoms with Crippen LogP contribution in [0.15, 0.2) is 12.1 Å². The Hall–Kier alpha value is -2.27. The molecule has 2 aromatic rings. The number of likely N-dealkylation sites (tertiary alicyclic amines) is 1. The highest BCUT2D eigenvalue weighted by Gasteiger charge is 2.19. The number of hydrogen-bond acceptors (Lipinski definition) is 7. The van der Waals surface area contributed by atoms with Crippen LogP contribution in [-0.2, 0) is 0 Å². The molecule has 0 aliphatic carbocycles. The van der Waals surface area contributed by atoms with E-state index >= 15 is 0 Å². The first-order valence-electron chi connectivity index (χ1n) is 6.26. The fourth-order valence-corrected chi connectivity index (χ4v) is 2.27. The van der Waals surface area contributed by atoms with Crippen LogP contribution >= 0.6 is 0 Å². The molecule has 0 spiro atoms. The van der Waals surface area contributed by atoms with Crippen molar-refractivity contribution in [3.05, 3.63) is 12.1 Å². The number of fused-ring (bicyclic) bond motifs is 1. The van der Waals surface area contributed by atoms with Crippen molar-refractivity contribution in [1.82, 2.24) is 30.2 Å². The van der Waals surface area contributed by atoms with E-state index in [4.69, 9.17) is 5.26 Å². The molecule has 1 aliphatic rings. The summed E-state index contributed by atoms with van der Waals surface area (Å²) in [4.78, 5) is 2.16. The van der Waals surface area contributed by atoms with E-state index in [2.05, 4.69) is 36.9 Å². The standard InChI is InChI=1S/C11H14N8/c12-5-8-18-6-3-9(4-7-18)13-10-1-2-11-14-16-17-19(11)15-10/h1-2,9H,3-4,6-8H2,(H,13,15). The molecule has 0 saturated carbocycles. The third kappa shape index (κ3) is 2.61. The Kier molecular flexibility index (Phi) is 3.20. The highest BCUT2D eigenvalue weighted by atomic mass is 15.6. The second kappa shape index (κ2) is 5.16. The summed E-state index contributed by atoms with van der Waals surface area (Å²) in [6.45, 7) is 2.40. The minimum atomic E-state index is 0.386. The van der Waals surface area contributed by atoms with Crippen LogP contribution in [0.1, 0.15) is 12.8 Å². The highest BCUT2D eigenvalue weighted by Crippen LogP contribution is 2.14. The lowest BCUT2D eigenvalue weighted by molar-refractivity contribution is 0.242. The van der Waals surface area contributed by atoms with Crippen molar-refractivity contribution < 1.29 is 0 Å². The first-order valence-corrected chi connectivity index (χ1v) is 6.26. The molecule has 1 aliphatic heterocycles. The van der Waals surface area contributed by atoms with E-state index in [1.54, 1.807) is 0 Å². The second-order valence-corrected chi connectivity index (χ2v) is 4.60. The molecular formula is C11H14N8. The average molecular weight is 258 g/mol. The molecule has 0 radical (unpaired) electrons. The van der Waals surface area contributed by atoms with Gasteiger partial charge >= 0.3 is 0 Å².